The van der Waals surface area contributed by atoms with Crippen LogP contribution < -0.4 is 4.90 Å². The molecule has 1 aromatic heterocycles. The predicted octanol–water partition coefficient (Wildman–Crippen LogP) is 3.40. The van der Waals surface area contributed by atoms with Crippen molar-refractivity contribution in [2.75, 3.05) is 18.0 Å². The number of hydrogen-bond donors (Lipinski definition) is 0. The lowest BCUT2D eigenvalue weighted by Crippen LogP contribution is -2.35. The van der Waals surface area contributed by atoms with Crippen molar-refractivity contribution in [3.8, 4) is 0 Å². The minimum atomic E-state index is -0.239. The minimum Gasteiger partial charge on any atom is -0.370 e. The van der Waals surface area contributed by atoms with Gasteiger partial charge in [-0.1, -0.05) is 13.8 Å². The quantitative estimate of drug-likeness (QED) is 0.782. The molecule has 0 radical (unpaired) electrons. The molecular weight excluding hydrogens is 215 g/mol. The lowest BCUT2D eigenvalue weighted by Gasteiger charge is -2.35. The first kappa shape index (κ1) is 12.3. The summed E-state index contributed by atoms with van der Waals surface area (Å²) in [7, 11) is 0. The number of halogens is 1. The highest BCUT2D eigenvalue weighted by molar-refractivity contribution is 5.50. The Hall–Kier alpha value is -1.12. The molecule has 0 saturated carbocycles. The van der Waals surface area contributed by atoms with E-state index in [2.05, 4.69) is 23.7 Å². The number of rotatable bonds is 2. The van der Waals surface area contributed by atoms with Gasteiger partial charge in [-0.3, -0.25) is 4.98 Å². The highest BCUT2D eigenvalue weighted by Crippen LogP contribution is 2.29. The minimum absolute atomic E-state index is 0.239. The van der Waals surface area contributed by atoms with Crippen molar-refractivity contribution in [3.63, 3.8) is 0 Å². The molecule has 17 heavy (non-hydrogen) atoms. The van der Waals surface area contributed by atoms with Crippen LogP contribution in [0.1, 0.15) is 32.4 Å². The summed E-state index contributed by atoms with van der Waals surface area (Å²) in [5.41, 5.74) is 1.89. The van der Waals surface area contributed by atoms with Crippen LogP contribution in [0.5, 0.6) is 0 Å². The fourth-order valence-electron chi connectivity index (χ4n) is 2.62. The van der Waals surface area contributed by atoms with Gasteiger partial charge in [-0.2, -0.15) is 0 Å². The first-order chi connectivity index (χ1) is 8.08. The molecule has 0 N–H and O–H groups in total. The van der Waals surface area contributed by atoms with Crippen molar-refractivity contribution in [2.24, 2.45) is 11.8 Å². The molecule has 0 aromatic carbocycles. The van der Waals surface area contributed by atoms with Crippen LogP contribution in [0, 0.1) is 24.6 Å². The topological polar surface area (TPSA) is 16.1 Å². The molecule has 94 valence electrons. The molecule has 0 aliphatic carbocycles. The Balaban J connectivity index is 2.07. The number of aromatic nitrogens is 1. The summed E-state index contributed by atoms with van der Waals surface area (Å²) in [6.45, 7) is 8.57. The fraction of sp³-hybridized carbons (Fsp3) is 0.643. The van der Waals surface area contributed by atoms with Crippen LogP contribution in [0.25, 0.3) is 0 Å². The first-order valence-electron chi connectivity index (χ1n) is 6.45. The van der Waals surface area contributed by atoms with E-state index in [1.54, 1.807) is 6.07 Å². The Morgan fingerprint density at radius 3 is 2.59 bits per heavy atom. The van der Waals surface area contributed by atoms with Crippen LogP contribution in [0.2, 0.25) is 0 Å². The largest absolute Gasteiger partial charge is 0.370 e. The molecule has 3 heteroatoms. The maximum absolute atomic E-state index is 13.2. The van der Waals surface area contributed by atoms with Gasteiger partial charge in [-0.05, 0) is 31.6 Å². The average molecular weight is 236 g/mol. The van der Waals surface area contributed by atoms with E-state index in [1.807, 2.05) is 6.92 Å². The Bertz CT molecular complexity index is 382. The first-order valence-corrected chi connectivity index (χ1v) is 6.45. The third kappa shape index (κ3) is 2.76. The van der Waals surface area contributed by atoms with E-state index in [1.165, 1.54) is 19.0 Å². The zero-order chi connectivity index (χ0) is 12.4. The second-order valence-corrected chi connectivity index (χ2v) is 5.33. The highest BCUT2D eigenvalue weighted by atomic mass is 19.1. The van der Waals surface area contributed by atoms with E-state index in [0.29, 0.717) is 0 Å². The van der Waals surface area contributed by atoms with Gasteiger partial charge in [0, 0.05) is 19.2 Å². The van der Waals surface area contributed by atoms with Gasteiger partial charge < -0.3 is 4.90 Å². The zero-order valence-electron chi connectivity index (χ0n) is 10.9. The summed E-state index contributed by atoms with van der Waals surface area (Å²) in [6.07, 6.45) is 3.70. The molecule has 1 aliphatic heterocycles. The van der Waals surface area contributed by atoms with Gasteiger partial charge >= 0.3 is 0 Å². The highest BCUT2D eigenvalue weighted by Gasteiger charge is 2.22. The van der Waals surface area contributed by atoms with Gasteiger partial charge in [0.25, 0.3) is 0 Å². The van der Waals surface area contributed by atoms with Gasteiger partial charge in [-0.15, -0.1) is 0 Å². The van der Waals surface area contributed by atoms with E-state index in [0.717, 1.165) is 36.3 Å². The van der Waals surface area contributed by atoms with E-state index in [4.69, 9.17) is 0 Å². The number of nitrogens with zero attached hydrogens (tertiary/aromatic N) is 2. The third-order valence-electron chi connectivity index (χ3n) is 3.85. The molecule has 0 spiro atoms. The molecule has 2 heterocycles. The number of piperidine rings is 1. The summed E-state index contributed by atoms with van der Waals surface area (Å²) in [6, 6.07) is 1.61. The van der Waals surface area contributed by atoms with E-state index < -0.39 is 0 Å². The third-order valence-corrected chi connectivity index (χ3v) is 3.85. The molecule has 0 bridgehead atoms. The van der Waals surface area contributed by atoms with Crippen molar-refractivity contribution in [1.82, 2.24) is 4.98 Å². The summed E-state index contributed by atoms with van der Waals surface area (Å²) >= 11 is 0. The molecule has 1 aliphatic rings. The summed E-state index contributed by atoms with van der Waals surface area (Å²) < 4.78 is 13.2. The van der Waals surface area contributed by atoms with Crippen LogP contribution in [-0.2, 0) is 0 Å². The maximum Gasteiger partial charge on any atom is 0.143 e. The lowest BCUT2D eigenvalue weighted by atomic mass is 9.86. The van der Waals surface area contributed by atoms with Crippen LogP contribution >= 0.6 is 0 Å². The predicted molar refractivity (Wildman–Crippen MR) is 68.7 cm³/mol. The van der Waals surface area contributed by atoms with E-state index >= 15 is 0 Å². The number of aryl methyl sites for hydroxylation is 1. The van der Waals surface area contributed by atoms with Crippen molar-refractivity contribution in [1.29, 1.82) is 0 Å². The van der Waals surface area contributed by atoms with Crippen molar-refractivity contribution < 1.29 is 4.39 Å². The van der Waals surface area contributed by atoms with E-state index in [9.17, 15) is 4.39 Å². The summed E-state index contributed by atoms with van der Waals surface area (Å²) in [4.78, 5) is 6.36. The Labute approximate surface area is 103 Å². The Morgan fingerprint density at radius 1 is 1.35 bits per heavy atom. The summed E-state index contributed by atoms with van der Waals surface area (Å²) in [5.74, 6) is 1.33. The molecule has 1 aromatic rings. The normalized spacial score (nSPS) is 17.8. The fourth-order valence-corrected chi connectivity index (χ4v) is 2.62. The Morgan fingerprint density at radius 2 is 2.00 bits per heavy atom. The molecule has 1 fully saturated rings. The maximum atomic E-state index is 13.2. The standard InChI is InChI=1S/C14H21FN2/c1-10(2)12-4-6-17(7-5-12)14-8-13(15)9-16-11(14)3/h8-10,12H,4-7H2,1-3H3. The molecule has 2 rings (SSSR count). The van der Waals surface area contributed by atoms with Crippen LogP contribution in [0.4, 0.5) is 10.1 Å². The smallest absolute Gasteiger partial charge is 0.143 e. The zero-order valence-corrected chi connectivity index (χ0v) is 10.9. The van der Waals surface area contributed by atoms with Gasteiger partial charge in [0.2, 0.25) is 0 Å². The molecule has 1 saturated heterocycles. The number of hydrogen-bond acceptors (Lipinski definition) is 2. The van der Waals surface area contributed by atoms with E-state index in [-0.39, 0.29) is 5.82 Å². The summed E-state index contributed by atoms with van der Waals surface area (Å²) in [5, 5.41) is 0. The molecule has 0 amide bonds. The number of pyridine rings is 1. The molecule has 2 nitrogen and oxygen atoms in total. The monoisotopic (exact) mass is 236 g/mol. The lowest BCUT2D eigenvalue weighted by molar-refractivity contribution is 0.311. The number of anilines is 1. The van der Waals surface area contributed by atoms with Crippen molar-refractivity contribution >= 4 is 5.69 Å². The van der Waals surface area contributed by atoms with Crippen molar-refractivity contribution in [3.05, 3.63) is 23.8 Å². The van der Waals surface area contributed by atoms with Gasteiger partial charge in [0.15, 0.2) is 0 Å². The molecule has 0 atom stereocenters. The molecule has 0 unspecified atom stereocenters. The van der Waals surface area contributed by atoms with Gasteiger partial charge in [0.05, 0.1) is 17.6 Å². The van der Waals surface area contributed by atoms with Crippen molar-refractivity contribution in [2.45, 2.75) is 33.6 Å². The van der Waals surface area contributed by atoms with Crippen LogP contribution in [0.3, 0.4) is 0 Å². The second-order valence-electron chi connectivity index (χ2n) is 5.33. The van der Waals surface area contributed by atoms with Crippen LogP contribution in [-0.4, -0.2) is 18.1 Å². The Kier molecular flexibility index (Phi) is 3.65. The second kappa shape index (κ2) is 5.03. The average Bonchev–Trinajstić information content (AvgIpc) is 2.32. The SMILES string of the molecule is Cc1ncc(F)cc1N1CCC(C(C)C)CC1. The van der Waals surface area contributed by atoms with Gasteiger partial charge in [0.1, 0.15) is 5.82 Å². The van der Waals surface area contributed by atoms with Crippen LogP contribution in [0.15, 0.2) is 12.3 Å². The molecular formula is C14H21FN2. The van der Waals surface area contributed by atoms with Gasteiger partial charge in [-0.25, -0.2) is 4.39 Å².